The first kappa shape index (κ1) is 14.4. The predicted molar refractivity (Wildman–Crippen MR) is 74.6 cm³/mol. The van der Waals surface area contributed by atoms with Crippen LogP contribution in [-0.2, 0) is 11.2 Å². The molecule has 1 aliphatic rings. The van der Waals surface area contributed by atoms with Gasteiger partial charge in [-0.15, -0.1) is 0 Å². The van der Waals surface area contributed by atoms with Gasteiger partial charge >= 0.3 is 5.97 Å². The summed E-state index contributed by atoms with van der Waals surface area (Å²) in [7, 11) is 0. The summed E-state index contributed by atoms with van der Waals surface area (Å²) >= 11 is 6.23. The van der Waals surface area contributed by atoms with Crippen LogP contribution in [0.2, 0.25) is 5.02 Å². The molecule has 3 nitrogen and oxygen atoms in total. The zero-order chi connectivity index (χ0) is 14.0. The van der Waals surface area contributed by atoms with Crippen LogP contribution in [0.5, 0.6) is 0 Å². The zero-order valence-electron chi connectivity index (χ0n) is 11.0. The number of carboxylic acid groups (broad SMARTS) is 1. The lowest BCUT2D eigenvalue weighted by Gasteiger charge is -2.16. The molecule has 0 spiro atoms. The fourth-order valence-electron chi connectivity index (χ4n) is 2.68. The Balaban J connectivity index is 2.13. The van der Waals surface area contributed by atoms with Gasteiger partial charge in [-0.3, -0.25) is 4.79 Å². The van der Waals surface area contributed by atoms with Crippen molar-refractivity contribution >= 4 is 17.6 Å². The first-order chi connectivity index (χ1) is 8.99. The van der Waals surface area contributed by atoms with Crippen molar-refractivity contribution < 1.29 is 15.0 Å². The molecule has 1 aromatic carbocycles. The van der Waals surface area contributed by atoms with E-state index in [1.165, 1.54) is 0 Å². The molecule has 0 amide bonds. The van der Waals surface area contributed by atoms with E-state index in [4.69, 9.17) is 16.7 Å². The molecule has 104 valence electrons. The van der Waals surface area contributed by atoms with E-state index >= 15 is 0 Å². The summed E-state index contributed by atoms with van der Waals surface area (Å²) in [4.78, 5) is 10.9. The van der Waals surface area contributed by atoms with E-state index in [2.05, 4.69) is 0 Å². The lowest BCUT2D eigenvalue weighted by atomic mass is 9.93. The summed E-state index contributed by atoms with van der Waals surface area (Å²) < 4.78 is 0. The predicted octanol–water partition coefficient (Wildman–Crippen LogP) is 3.23. The fraction of sp³-hybridized carbons (Fsp3) is 0.533. The maximum atomic E-state index is 10.9. The number of carbonyl (C=O) groups is 1. The average molecular weight is 283 g/mol. The van der Waals surface area contributed by atoms with Gasteiger partial charge in [0.15, 0.2) is 0 Å². The topological polar surface area (TPSA) is 57.5 Å². The van der Waals surface area contributed by atoms with Crippen molar-refractivity contribution in [3.63, 3.8) is 0 Å². The number of hydrogen-bond acceptors (Lipinski definition) is 2. The minimum absolute atomic E-state index is 0.228. The molecular formula is C15H19ClO3. The third-order valence-electron chi connectivity index (χ3n) is 4.05. The Labute approximate surface area is 118 Å². The molecule has 4 heteroatoms. The molecule has 0 aromatic heterocycles. The number of carboxylic acids is 1. The molecule has 1 aromatic rings. The highest BCUT2D eigenvalue weighted by molar-refractivity contribution is 6.31. The maximum absolute atomic E-state index is 10.9. The highest BCUT2D eigenvalue weighted by atomic mass is 35.5. The summed E-state index contributed by atoms with van der Waals surface area (Å²) in [5.41, 5.74) is 1.71. The van der Waals surface area contributed by atoms with Crippen molar-refractivity contribution in [2.45, 2.75) is 44.6 Å². The SMILES string of the molecule is CC(C(=O)O)c1ccc(C[C@@H]2CCC[C@@H]2O)c(Cl)c1. The molecule has 0 aliphatic heterocycles. The zero-order valence-corrected chi connectivity index (χ0v) is 11.7. The molecule has 0 bridgehead atoms. The van der Waals surface area contributed by atoms with Crippen molar-refractivity contribution in [3.8, 4) is 0 Å². The van der Waals surface area contributed by atoms with Crippen LogP contribution in [0.1, 0.15) is 43.2 Å². The highest BCUT2D eigenvalue weighted by Crippen LogP contribution is 2.32. The molecule has 3 atom stereocenters. The molecule has 0 saturated heterocycles. The Bertz CT molecular complexity index is 472. The van der Waals surface area contributed by atoms with Crippen molar-refractivity contribution in [2.24, 2.45) is 5.92 Å². The molecule has 1 unspecified atom stereocenters. The number of benzene rings is 1. The van der Waals surface area contributed by atoms with Crippen LogP contribution in [0.3, 0.4) is 0 Å². The van der Waals surface area contributed by atoms with Gasteiger partial charge in [-0.2, -0.15) is 0 Å². The van der Waals surface area contributed by atoms with Gasteiger partial charge in [-0.25, -0.2) is 0 Å². The van der Waals surface area contributed by atoms with E-state index in [9.17, 15) is 9.90 Å². The van der Waals surface area contributed by atoms with Crippen molar-refractivity contribution in [1.29, 1.82) is 0 Å². The van der Waals surface area contributed by atoms with Crippen LogP contribution in [0.25, 0.3) is 0 Å². The van der Waals surface area contributed by atoms with Crippen LogP contribution < -0.4 is 0 Å². The summed E-state index contributed by atoms with van der Waals surface area (Å²) in [5.74, 6) is -1.13. The first-order valence-electron chi connectivity index (χ1n) is 6.68. The lowest BCUT2D eigenvalue weighted by Crippen LogP contribution is -2.16. The maximum Gasteiger partial charge on any atom is 0.310 e. The van der Waals surface area contributed by atoms with Gasteiger partial charge in [0.05, 0.1) is 12.0 Å². The number of aliphatic hydroxyl groups is 1. The van der Waals surface area contributed by atoms with Gasteiger partial charge in [-0.1, -0.05) is 30.2 Å². The highest BCUT2D eigenvalue weighted by Gasteiger charge is 2.26. The van der Waals surface area contributed by atoms with E-state index < -0.39 is 11.9 Å². The van der Waals surface area contributed by atoms with E-state index in [1.54, 1.807) is 13.0 Å². The smallest absolute Gasteiger partial charge is 0.310 e. The standard InChI is InChI=1S/C15H19ClO3/c1-9(15(18)19)10-5-6-11(13(16)8-10)7-12-3-2-4-14(12)17/h5-6,8-9,12,14,17H,2-4,7H2,1H3,(H,18,19)/t9?,12-,14-/m0/s1. The summed E-state index contributed by atoms with van der Waals surface area (Å²) in [6, 6.07) is 5.44. The van der Waals surface area contributed by atoms with Crippen molar-refractivity contribution in [1.82, 2.24) is 0 Å². The summed E-state index contributed by atoms with van der Waals surface area (Å²) in [6.45, 7) is 1.65. The molecule has 2 N–H and O–H groups in total. The van der Waals surface area contributed by atoms with Gasteiger partial charge in [0, 0.05) is 5.02 Å². The Morgan fingerprint density at radius 1 is 1.47 bits per heavy atom. The van der Waals surface area contributed by atoms with Gasteiger partial charge in [-0.05, 0) is 49.3 Å². The van der Waals surface area contributed by atoms with Crippen LogP contribution >= 0.6 is 11.6 Å². The van der Waals surface area contributed by atoms with E-state index in [0.29, 0.717) is 10.6 Å². The number of hydrogen-bond donors (Lipinski definition) is 2. The average Bonchev–Trinajstić information content (AvgIpc) is 2.76. The molecule has 1 fully saturated rings. The Hall–Kier alpha value is -1.06. The quantitative estimate of drug-likeness (QED) is 0.891. The minimum atomic E-state index is -0.852. The van der Waals surface area contributed by atoms with E-state index in [1.807, 2.05) is 12.1 Å². The molecule has 0 heterocycles. The Morgan fingerprint density at radius 3 is 2.74 bits per heavy atom. The third-order valence-corrected chi connectivity index (χ3v) is 4.40. The van der Waals surface area contributed by atoms with Gasteiger partial charge in [0.25, 0.3) is 0 Å². The van der Waals surface area contributed by atoms with E-state index in [-0.39, 0.29) is 12.0 Å². The Morgan fingerprint density at radius 2 is 2.21 bits per heavy atom. The molecule has 2 rings (SSSR count). The second-order valence-electron chi connectivity index (χ2n) is 5.37. The van der Waals surface area contributed by atoms with Gasteiger partial charge < -0.3 is 10.2 Å². The third kappa shape index (κ3) is 3.28. The van der Waals surface area contributed by atoms with Crippen LogP contribution in [-0.4, -0.2) is 22.3 Å². The monoisotopic (exact) mass is 282 g/mol. The summed E-state index contributed by atoms with van der Waals surface area (Å²) in [6.07, 6.45) is 3.51. The van der Waals surface area contributed by atoms with Crippen molar-refractivity contribution in [2.75, 3.05) is 0 Å². The number of aliphatic hydroxyl groups excluding tert-OH is 1. The van der Waals surface area contributed by atoms with Crippen molar-refractivity contribution in [3.05, 3.63) is 34.3 Å². The molecule has 1 aliphatic carbocycles. The molecular weight excluding hydrogens is 264 g/mol. The molecule has 0 radical (unpaired) electrons. The molecule has 1 saturated carbocycles. The van der Waals surface area contributed by atoms with Gasteiger partial charge in [0.2, 0.25) is 0 Å². The second-order valence-corrected chi connectivity index (χ2v) is 5.78. The van der Waals surface area contributed by atoms with E-state index in [0.717, 1.165) is 31.2 Å². The lowest BCUT2D eigenvalue weighted by molar-refractivity contribution is -0.138. The first-order valence-corrected chi connectivity index (χ1v) is 7.06. The second kappa shape index (κ2) is 5.93. The Kier molecular flexibility index (Phi) is 4.48. The summed E-state index contributed by atoms with van der Waals surface area (Å²) in [5, 5.41) is 19.4. The number of halogens is 1. The molecule has 19 heavy (non-hydrogen) atoms. The largest absolute Gasteiger partial charge is 0.481 e. The van der Waals surface area contributed by atoms with Crippen LogP contribution in [0.4, 0.5) is 0 Å². The normalized spacial score (nSPS) is 24.4. The van der Waals surface area contributed by atoms with Crippen LogP contribution in [0.15, 0.2) is 18.2 Å². The number of rotatable bonds is 4. The van der Waals surface area contributed by atoms with Crippen LogP contribution in [0, 0.1) is 5.92 Å². The number of aliphatic carboxylic acids is 1. The minimum Gasteiger partial charge on any atom is -0.481 e. The fourth-order valence-corrected chi connectivity index (χ4v) is 2.94. The van der Waals surface area contributed by atoms with Gasteiger partial charge in [0.1, 0.15) is 0 Å².